The van der Waals surface area contributed by atoms with Crippen molar-refractivity contribution in [2.24, 2.45) is 11.8 Å². The summed E-state index contributed by atoms with van der Waals surface area (Å²) in [7, 11) is 0. The van der Waals surface area contributed by atoms with E-state index in [0.29, 0.717) is 11.8 Å². The summed E-state index contributed by atoms with van der Waals surface area (Å²) >= 11 is 0. The van der Waals surface area contributed by atoms with Gasteiger partial charge in [-0.2, -0.15) is 0 Å². The minimum absolute atomic E-state index is 0.107. The molecule has 102 valence electrons. The molecule has 2 atom stereocenters. The maximum absolute atomic E-state index is 12.1. The highest BCUT2D eigenvalue weighted by Crippen LogP contribution is 2.26. The second-order valence-electron chi connectivity index (χ2n) is 5.58. The highest BCUT2D eigenvalue weighted by molar-refractivity contribution is 5.78. The van der Waals surface area contributed by atoms with Gasteiger partial charge in [-0.1, -0.05) is 12.1 Å². The number of nitrogens with one attached hydrogen (secondary N) is 1. The van der Waals surface area contributed by atoms with Gasteiger partial charge in [0.15, 0.2) is 6.61 Å². The largest absolute Gasteiger partial charge is 0.484 e. The third-order valence-corrected chi connectivity index (χ3v) is 4.09. The molecule has 0 aromatic heterocycles. The van der Waals surface area contributed by atoms with E-state index in [0.717, 1.165) is 37.5 Å². The van der Waals surface area contributed by atoms with E-state index in [2.05, 4.69) is 5.32 Å². The molecule has 3 rings (SSSR count). The second kappa shape index (κ2) is 5.21. The maximum atomic E-state index is 12.1. The van der Waals surface area contributed by atoms with Crippen LogP contribution in [0.4, 0.5) is 0 Å². The van der Waals surface area contributed by atoms with Crippen LogP contribution in [0.3, 0.4) is 0 Å². The number of carbonyl (C=O) groups is 1. The first kappa shape index (κ1) is 12.5. The molecule has 2 aliphatic rings. The highest BCUT2D eigenvalue weighted by atomic mass is 16.5. The molecule has 4 heteroatoms. The summed E-state index contributed by atoms with van der Waals surface area (Å²) in [4.78, 5) is 14.1. The summed E-state index contributed by atoms with van der Waals surface area (Å²) in [6.07, 6.45) is 0. The van der Waals surface area contributed by atoms with Crippen LogP contribution in [0.25, 0.3) is 0 Å². The van der Waals surface area contributed by atoms with E-state index in [1.807, 2.05) is 36.1 Å². The Labute approximate surface area is 113 Å². The summed E-state index contributed by atoms with van der Waals surface area (Å²) in [6, 6.07) is 7.81. The average molecular weight is 260 g/mol. The lowest BCUT2D eigenvalue weighted by Crippen LogP contribution is -2.35. The predicted molar refractivity (Wildman–Crippen MR) is 73.1 cm³/mol. The highest BCUT2D eigenvalue weighted by Gasteiger charge is 2.37. The Morgan fingerprint density at radius 3 is 2.79 bits per heavy atom. The fraction of sp³-hybridized carbons (Fsp3) is 0.533. The van der Waals surface area contributed by atoms with Gasteiger partial charge in [0, 0.05) is 26.2 Å². The Morgan fingerprint density at radius 1 is 1.37 bits per heavy atom. The normalized spacial score (nSPS) is 25.4. The van der Waals surface area contributed by atoms with Crippen molar-refractivity contribution in [2.45, 2.75) is 6.92 Å². The monoisotopic (exact) mass is 260 g/mol. The Kier molecular flexibility index (Phi) is 3.42. The number of aryl methyl sites for hydroxylation is 1. The van der Waals surface area contributed by atoms with Crippen LogP contribution in [0.1, 0.15) is 5.56 Å². The van der Waals surface area contributed by atoms with Crippen LogP contribution in [0.2, 0.25) is 0 Å². The lowest BCUT2D eigenvalue weighted by molar-refractivity contribution is -0.132. The van der Waals surface area contributed by atoms with Crippen molar-refractivity contribution in [3.63, 3.8) is 0 Å². The number of hydrogen-bond acceptors (Lipinski definition) is 3. The molecule has 0 spiro atoms. The van der Waals surface area contributed by atoms with E-state index in [1.54, 1.807) is 0 Å². The van der Waals surface area contributed by atoms with Crippen molar-refractivity contribution in [1.29, 1.82) is 0 Å². The molecule has 0 radical (unpaired) electrons. The van der Waals surface area contributed by atoms with Gasteiger partial charge in [-0.05, 0) is 36.5 Å². The molecular weight excluding hydrogens is 240 g/mol. The average Bonchev–Trinajstić information content (AvgIpc) is 2.96. The molecule has 1 N–H and O–H groups in total. The van der Waals surface area contributed by atoms with Gasteiger partial charge < -0.3 is 15.0 Å². The molecule has 0 aliphatic carbocycles. The number of nitrogens with zero attached hydrogens (tertiary/aromatic N) is 1. The van der Waals surface area contributed by atoms with E-state index in [4.69, 9.17) is 4.74 Å². The summed E-state index contributed by atoms with van der Waals surface area (Å²) in [5.41, 5.74) is 1.15. The molecule has 2 fully saturated rings. The van der Waals surface area contributed by atoms with Crippen LogP contribution < -0.4 is 10.1 Å². The number of ether oxygens (including phenoxy) is 1. The number of carbonyl (C=O) groups excluding carboxylic acids is 1. The first-order chi connectivity index (χ1) is 9.22. The van der Waals surface area contributed by atoms with Gasteiger partial charge in [0.25, 0.3) is 5.91 Å². The first-order valence-electron chi connectivity index (χ1n) is 6.90. The van der Waals surface area contributed by atoms with Crippen molar-refractivity contribution in [3.05, 3.63) is 29.8 Å². The van der Waals surface area contributed by atoms with Crippen molar-refractivity contribution in [3.8, 4) is 5.75 Å². The number of benzene rings is 1. The molecule has 2 aliphatic heterocycles. The standard InChI is InChI=1S/C15H20N2O2/c1-11-3-2-4-14(5-11)19-10-15(18)17-8-12-6-16-7-13(12)9-17/h2-5,12-13,16H,6-10H2,1H3/t12-,13+. The SMILES string of the molecule is Cc1cccc(OCC(=O)N2C[C@H]3CNC[C@H]3C2)c1. The third kappa shape index (κ3) is 2.73. The predicted octanol–water partition coefficient (Wildman–Crippen LogP) is 1.05. The molecule has 1 aromatic carbocycles. The molecule has 0 unspecified atom stereocenters. The molecule has 2 saturated heterocycles. The van der Waals surface area contributed by atoms with Crippen molar-refractivity contribution in [2.75, 3.05) is 32.8 Å². The smallest absolute Gasteiger partial charge is 0.260 e. The van der Waals surface area contributed by atoms with Gasteiger partial charge in [-0.25, -0.2) is 0 Å². The van der Waals surface area contributed by atoms with E-state index in [-0.39, 0.29) is 12.5 Å². The first-order valence-corrected chi connectivity index (χ1v) is 6.90. The summed E-state index contributed by atoms with van der Waals surface area (Å²) < 4.78 is 5.58. The number of rotatable bonds is 3. The minimum atomic E-state index is 0.107. The maximum Gasteiger partial charge on any atom is 0.260 e. The fourth-order valence-electron chi connectivity index (χ4n) is 3.00. The van der Waals surface area contributed by atoms with Gasteiger partial charge in [0.05, 0.1) is 0 Å². The quantitative estimate of drug-likeness (QED) is 0.883. The minimum Gasteiger partial charge on any atom is -0.484 e. The van der Waals surface area contributed by atoms with Gasteiger partial charge in [-0.3, -0.25) is 4.79 Å². The lowest BCUT2D eigenvalue weighted by atomic mass is 10.0. The van der Waals surface area contributed by atoms with Gasteiger partial charge in [0.2, 0.25) is 0 Å². The van der Waals surface area contributed by atoms with E-state index < -0.39 is 0 Å². The Balaban J connectivity index is 1.52. The summed E-state index contributed by atoms with van der Waals surface area (Å²) in [5, 5.41) is 3.38. The number of likely N-dealkylation sites (tertiary alicyclic amines) is 1. The van der Waals surface area contributed by atoms with Crippen LogP contribution in [0, 0.1) is 18.8 Å². The number of hydrogen-bond donors (Lipinski definition) is 1. The molecule has 2 heterocycles. The lowest BCUT2D eigenvalue weighted by Gasteiger charge is -2.17. The van der Waals surface area contributed by atoms with Crippen molar-refractivity contribution < 1.29 is 9.53 Å². The number of fused-ring (bicyclic) bond motifs is 1. The van der Waals surface area contributed by atoms with Crippen LogP contribution in [-0.4, -0.2) is 43.6 Å². The van der Waals surface area contributed by atoms with Crippen LogP contribution in [0.15, 0.2) is 24.3 Å². The zero-order valence-electron chi connectivity index (χ0n) is 11.3. The fourth-order valence-corrected chi connectivity index (χ4v) is 3.00. The van der Waals surface area contributed by atoms with Gasteiger partial charge in [-0.15, -0.1) is 0 Å². The van der Waals surface area contributed by atoms with Crippen molar-refractivity contribution >= 4 is 5.91 Å². The summed E-state index contributed by atoms with van der Waals surface area (Å²) in [6.45, 7) is 6.03. The van der Waals surface area contributed by atoms with E-state index in [9.17, 15) is 4.79 Å². The zero-order valence-corrected chi connectivity index (χ0v) is 11.3. The Morgan fingerprint density at radius 2 is 2.11 bits per heavy atom. The molecule has 19 heavy (non-hydrogen) atoms. The molecule has 0 bridgehead atoms. The molecule has 1 amide bonds. The van der Waals surface area contributed by atoms with Crippen LogP contribution in [-0.2, 0) is 4.79 Å². The Hall–Kier alpha value is -1.55. The summed E-state index contributed by atoms with van der Waals surface area (Å²) in [5.74, 6) is 2.16. The van der Waals surface area contributed by atoms with Crippen LogP contribution >= 0.6 is 0 Å². The van der Waals surface area contributed by atoms with Gasteiger partial charge >= 0.3 is 0 Å². The van der Waals surface area contributed by atoms with E-state index >= 15 is 0 Å². The molecular formula is C15H20N2O2. The van der Waals surface area contributed by atoms with Crippen LogP contribution in [0.5, 0.6) is 5.75 Å². The topological polar surface area (TPSA) is 41.6 Å². The molecule has 1 aromatic rings. The molecule has 4 nitrogen and oxygen atoms in total. The van der Waals surface area contributed by atoms with Crippen molar-refractivity contribution in [1.82, 2.24) is 10.2 Å². The van der Waals surface area contributed by atoms with E-state index in [1.165, 1.54) is 0 Å². The Bertz CT molecular complexity index is 463. The second-order valence-corrected chi connectivity index (χ2v) is 5.58. The van der Waals surface area contributed by atoms with Gasteiger partial charge in [0.1, 0.15) is 5.75 Å². The third-order valence-electron chi connectivity index (χ3n) is 4.09. The zero-order chi connectivity index (χ0) is 13.2. The number of amides is 1. The molecule has 0 saturated carbocycles.